The Labute approximate surface area is 87.1 Å². The molecule has 1 aliphatic rings. The maximum absolute atomic E-state index is 3.53. The molecular weight excluding hydrogens is 178 g/mol. The maximum atomic E-state index is 3.53. The van der Waals surface area contributed by atoms with E-state index in [0.717, 1.165) is 5.92 Å². The van der Waals surface area contributed by atoms with E-state index in [4.69, 9.17) is 0 Å². The van der Waals surface area contributed by atoms with Crippen molar-refractivity contribution < 1.29 is 0 Å². The molecule has 1 nitrogen and oxygen atoms in total. The van der Waals surface area contributed by atoms with Crippen LogP contribution >= 0.6 is 11.8 Å². The van der Waals surface area contributed by atoms with Crippen LogP contribution in [-0.2, 0) is 0 Å². The SMILES string of the molecule is CCSCCNCCC1CCCC1. The molecule has 2 heteroatoms. The molecule has 0 aromatic carbocycles. The Morgan fingerprint density at radius 3 is 2.69 bits per heavy atom. The molecule has 13 heavy (non-hydrogen) atoms. The van der Waals surface area contributed by atoms with E-state index >= 15 is 0 Å². The Morgan fingerprint density at radius 2 is 2.00 bits per heavy atom. The lowest BCUT2D eigenvalue weighted by molar-refractivity contribution is 0.483. The molecule has 78 valence electrons. The summed E-state index contributed by atoms with van der Waals surface area (Å²) >= 11 is 2.03. The fourth-order valence-electron chi connectivity index (χ4n) is 2.02. The first kappa shape index (κ1) is 11.4. The lowest BCUT2D eigenvalue weighted by Gasteiger charge is -2.09. The second-order valence-electron chi connectivity index (χ2n) is 3.89. The summed E-state index contributed by atoms with van der Waals surface area (Å²) in [5.41, 5.74) is 0. The van der Waals surface area contributed by atoms with Crippen LogP contribution in [0.4, 0.5) is 0 Å². The quantitative estimate of drug-likeness (QED) is 0.636. The molecule has 1 aliphatic carbocycles. The first-order valence-corrected chi connectivity index (χ1v) is 6.87. The second-order valence-corrected chi connectivity index (χ2v) is 5.28. The van der Waals surface area contributed by atoms with Gasteiger partial charge in [-0.2, -0.15) is 11.8 Å². The largest absolute Gasteiger partial charge is 0.316 e. The maximum Gasteiger partial charge on any atom is 0.00579 e. The first-order valence-electron chi connectivity index (χ1n) is 5.72. The zero-order chi connectivity index (χ0) is 9.36. The van der Waals surface area contributed by atoms with E-state index in [-0.39, 0.29) is 0 Å². The Morgan fingerprint density at radius 1 is 1.23 bits per heavy atom. The molecule has 0 radical (unpaired) electrons. The van der Waals surface area contributed by atoms with Gasteiger partial charge in [0.1, 0.15) is 0 Å². The molecule has 0 spiro atoms. The van der Waals surface area contributed by atoms with Gasteiger partial charge >= 0.3 is 0 Å². The third-order valence-electron chi connectivity index (χ3n) is 2.83. The van der Waals surface area contributed by atoms with E-state index in [1.54, 1.807) is 0 Å². The highest BCUT2D eigenvalue weighted by Gasteiger charge is 2.13. The van der Waals surface area contributed by atoms with E-state index in [2.05, 4.69) is 12.2 Å². The minimum Gasteiger partial charge on any atom is -0.316 e. The predicted octanol–water partition coefficient (Wildman–Crippen LogP) is 2.91. The lowest BCUT2D eigenvalue weighted by atomic mass is 10.0. The molecule has 0 heterocycles. The Hall–Kier alpha value is 0.310. The summed E-state index contributed by atoms with van der Waals surface area (Å²) in [5, 5.41) is 3.53. The molecular formula is C11H23NS. The molecule has 1 N–H and O–H groups in total. The van der Waals surface area contributed by atoms with Crippen LogP contribution < -0.4 is 5.32 Å². The van der Waals surface area contributed by atoms with Gasteiger partial charge in [-0.05, 0) is 24.6 Å². The van der Waals surface area contributed by atoms with Crippen LogP contribution in [0, 0.1) is 5.92 Å². The van der Waals surface area contributed by atoms with Crippen molar-refractivity contribution in [2.75, 3.05) is 24.6 Å². The lowest BCUT2D eigenvalue weighted by Crippen LogP contribution is -2.20. The topological polar surface area (TPSA) is 12.0 Å². The summed E-state index contributed by atoms with van der Waals surface area (Å²) in [5.74, 6) is 3.58. The summed E-state index contributed by atoms with van der Waals surface area (Å²) < 4.78 is 0. The van der Waals surface area contributed by atoms with Gasteiger partial charge in [0, 0.05) is 12.3 Å². The average molecular weight is 201 g/mol. The van der Waals surface area contributed by atoms with Crippen molar-refractivity contribution in [1.29, 1.82) is 0 Å². The smallest absolute Gasteiger partial charge is 0.00579 e. The predicted molar refractivity (Wildman–Crippen MR) is 62.4 cm³/mol. The van der Waals surface area contributed by atoms with E-state index < -0.39 is 0 Å². The van der Waals surface area contributed by atoms with Crippen molar-refractivity contribution in [3.63, 3.8) is 0 Å². The van der Waals surface area contributed by atoms with Crippen LogP contribution in [0.25, 0.3) is 0 Å². The van der Waals surface area contributed by atoms with Crippen molar-refractivity contribution in [3.8, 4) is 0 Å². The normalized spacial score (nSPS) is 18.2. The minimum absolute atomic E-state index is 1.05. The molecule has 0 bridgehead atoms. The highest BCUT2D eigenvalue weighted by atomic mass is 32.2. The van der Waals surface area contributed by atoms with Gasteiger partial charge in [0.25, 0.3) is 0 Å². The Kier molecular flexibility index (Phi) is 6.73. The zero-order valence-electron chi connectivity index (χ0n) is 8.85. The number of nitrogens with one attached hydrogen (secondary N) is 1. The van der Waals surface area contributed by atoms with Crippen molar-refractivity contribution in [2.24, 2.45) is 5.92 Å². The van der Waals surface area contributed by atoms with Crippen molar-refractivity contribution in [3.05, 3.63) is 0 Å². The van der Waals surface area contributed by atoms with E-state index in [1.165, 1.54) is 56.7 Å². The van der Waals surface area contributed by atoms with Crippen LogP contribution in [0.5, 0.6) is 0 Å². The standard InChI is InChI=1S/C11H23NS/c1-2-13-10-9-12-8-7-11-5-3-4-6-11/h11-12H,2-10H2,1H3. The van der Waals surface area contributed by atoms with Crippen LogP contribution in [0.2, 0.25) is 0 Å². The van der Waals surface area contributed by atoms with Gasteiger partial charge in [-0.3, -0.25) is 0 Å². The highest BCUT2D eigenvalue weighted by molar-refractivity contribution is 7.99. The third-order valence-corrected chi connectivity index (χ3v) is 3.73. The van der Waals surface area contributed by atoms with Crippen LogP contribution in [-0.4, -0.2) is 24.6 Å². The molecule has 1 saturated carbocycles. The van der Waals surface area contributed by atoms with Crippen molar-refractivity contribution in [1.82, 2.24) is 5.32 Å². The molecule has 0 atom stereocenters. The monoisotopic (exact) mass is 201 g/mol. The van der Waals surface area contributed by atoms with E-state index in [0.29, 0.717) is 0 Å². The summed E-state index contributed by atoms with van der Waals surface area (Å²) in [6, 6.07) is 0. The van der Waals surface area contributed by atoms with Gasteiger partial charge in [-0.25, -0.2) is 0 Å². The second kappa shape index (κ2) is 7.69. The number of hydrogen-bond acceptors (Lipinski definition) is 2. The van der Waals surface area contributed by atoms with E-state index in [9.17, 15) is 0 Å². The summed E-state index contributed by atoms with van der Waals surface area (Å²) in [7, 11) is 0. The van der Waals surface area contributed by atoms with E-state index in [1.807, 2.05) is 11.8 Å². The molecule has 0 aliphatic heterocycles. The van der Waals surface area contributed by atoms with Crippen LogP contribution in [0.15, 0.2) is 0 Å². The molecule has 1 fully saturated rings. The fourth-order valence-corrected chi connectivity index (χ4v) is 2.60. The summed E-state index contributed by atoms with van der Waals surface area (Å²) in [6.07, 6.45) is 7.36. The summed E-state index contributed by atoms with van der Waals surface area (Å²) in [4.78, 5) is 0. The Bertz CT molecular complexity index is 111. The molecule has 1 rings (SSSR count). The van der Waals surface area contributed by atoms with Gasteiger partial charge in [-0.15, -0.1) is 0 Å². The Balaban J connectivity index is 1.78. The zero-order valence-corrected chi connectivity index (χ0v) is 9.67. The van der Waals surface area contributed by atoms with Crippen LogP contribution in [0.1, 0.15) is 39.0 Å². The number of rotatable bonds is 7. The first-order chi connectivity index (χ1) is 6.43. The van der Waals surface area contributed by atoms with Crippen molar-refractivity contribution >= 4 is 11.8 Å². The molecule has 0 saturated heterocycles. The summed E-state index contributed by atoms with van der Waals surface area (Å²) in [6.45, 7) is 4.67. The van der Waals surface area contributed by atoms with Gasteiger partial charge in [0.2, 0.25) is 0 Å². The van der Waals surface area contributed by atoms with Crippen molar-refractivity contribution in [2.45, 2.75) is 39.0 Å². The van der Waals surface area contributed by atoms with Gasteiger partial charge in [0.05, 0.1) is 0 Å². The molecule has 0 aromatic heterocycles. The number of hydrogen-bond donors (Lipinski definition) is 1. The highest BCUT2D eigenvalue weighted by Crippen LogP contribution is 2.26. The van der Waals surface area contributed by atoms with Gasteiger partial charge in [0.15, 0.2) is 0 Å². The molecule has 0 aromatic rings. The third kappa shape index (κ3) is 5.58. The number of thioether (sulfide) groups is 1. The van der Waals surface area contributed by atoms with Gasteiger partial charge < -0.3 is 5.32 Å². The average Bonchev–Trinajstić information content (AvgIpc) is 2.63. The van der Waals surface area contributed by atoms with Crippen LogP contribution in [0.3, 0.4) is 0 Å². The molecule has 0 unspecified atom stereocenters. The molecule has 0 amide bonds. The van der Waals surface area contributed by atoms with Gasteiger partial charge in [-0.1, -0.05) is 32.6 Å². The minimum atomic E-state index is 1.05. The fraction of sp³-hybridized carbons (Fsp3) is 1.00.